The van der Waals surface area contributed by atoms with Crippen LogP contribution >= 0.6 is 11.6 Å². The Morgan fingerprint density at radius 1 is 1.26 bits per heavy atom. The molecule has 0 aliphatic carbocycles. The van der Waals surface area contributed by atoms with Crippen LogP contribution in [0.3, 0.4) is 0 Å². The van der Waals surface area contributed by atoms with E-state index >= 15 is 0 Å². The largest absolute Gasteiger partial charge is 0.490 e. The minimum absolute atomic E-state index is 0.0762. The number of halogens is 1. The van der Waals surface area contributed by atoms with Crippen molar-refractivity contribution in [1.29, 1.82) is 0 Å². The molecule has 7 nitrogen and oxygen atoms in total. The van der Waals surface area contributed by atoms with E-state index in [4.69, 9.17) is 16.3 Å². The molecular formula is C34H43ClN4O3. The Morgan fingerprint density at radius 2 is 2.12 bits per heavy atom. The molecular weight excluding hydrogens is 548 g/mol. The number of aldehydes is 1. The molecule has 42 heavy (non-hydrogen) atoms. The highest BCUT2D eigenvalue weighted by molar-refractivity contribution is 6.30. The lowest BCUT2D eigenvalue weighted by Crippen LogP contribution is -2.38. The number of anilines is 1. The summed E-state index contributed by atoms with van der Waals surface area (Å²) in [5.41, 5.74) is 5.50. The number of dihydropyridines is 1. The van der Waals surface area contributed by atoms with E-state index in [1.54, 1.807) is 0 Å². The van der Waals surface area contributed by atoms with Gasteiger partial charge in [-0.05, 0) is 99.0 Å². The van der Waals surface area contributed by atoms with E-state index in [0.29, 0.717) is 30.8 Å². The van der Waals surface area contributed by atoms with Gasteiger partial charge in [0.25, 0.3) is 0 Å². The summed E-state index contributed by atoms with van der Waals surface area (Å²) in [6.45, 7) is 11.0. The van der Waals surface area contributed by atoms with Gasteiger partial charge in [-0.1, -0.05) is 35.9 Å². The van der Waals surface area contributed by atoms with Gasteiger partial charge in [-0.2, -0.15) is 0 Å². The highest BCUT2D eigenvalue weighted by Crippen LogP contribution is 2.39. The van der Waals surface area contributed by atoms with E-state index in [1.165, 1.54) is 5.57 Å². The number of rotatable bonds is 11. The van der Waals surface area contributed by atoms with E-state index in [0.717, 1.165) is 79.0 Å². The van der Waals surface area contributed by atoms with Gasteiger partial charge in [0.1, 0.15) is 18.6 Å². The van der Waals surface area contributed by atoms with Gasteiger partial charge in [0.15, 0.2) is 0 Å². The van der Waals surface area contributed by atoms with Crippen molar-refractivity contribution in [3.63, 3.8) is 0 Å². The normalized spacial score (nSPS) is 21.3. The van der Waals surface area contributed by atoms with Crippen LogP contribution in [0.15, 0.2) is 66.4 Å². The lowest BCUT2D eigenvalue weighted by Gasteiger charge is -2.28. The number of benzene rings is 2. The predicted octanol–water partition coefficient (Wildman–Crippen LogP) is 5.35. The van der Waals surface area contributed by atoms with Crippen molar-refractivity contribution in [2.45, 2.75) is 57.8 Å². The number of carbonyl (C=O) groups is 1. The number of nitrogens with one attached hydrogen (secondary N) is 2. The molecule has 3 aliphatic heterocycles. The molecule has 0 spiro atoms. The van der Waals surface area contributed by atoms with Crippen molar-refractivity contribution in [2.75, 3.05) is 44.6 Å². The average molecular weight is 591 g/mol. The average Bonchev–Trinajstić information content (AvgIpc) is 3.38. The first-order valence-electron chi connectivity index (χ1n) is 15.0. The summed E-state index contributed by atoms with van der Waals surface area (Å²) < 4.78 is 6.22. The second kappa shape index (κ2) is 13.5. The van der Waals surface area contributed by atoms with Crippen LogP contribution in [0.5, 0.6) is 5.75 Å². The summed E-state index contributed by atoms with van der Waals surface area (Å²) in [5.74, 6) is 0.844. The molecule has 1 fully saturated rings. The Balaban J connectivity index is 1.30. The molecule has 0 radical (unpaired) electrons. The highest BCUT2D eigenvalue weighted by Gasteiger charge is 2.30. The third-order valence-electron chi connectivity index (χ3n) is 8.42. The molecule has 2 aromatic rings. The SMILES string of the molecule is CCNc1cc(Cl)ccc1CN(CC=O)[C@@H]1CCN(CC/C=C2\C3=CC=CNC3COc3ccc(C(C)(C)O)cc32)C1. The van der Waals surface area contributed by atoms with Crippen molar-refractivity contribution in [1.82, 2.24) is 15.1 Å². The fourth-order valence-electron chi connectivity index (χ4n) is 6.15. The summed E-state index contributed by atoms with van der Waals surface area (Å²) >= 11 is 6.25. The molecule has 2 atom stereocenters. The van der Waals surface area contributed by atoms with E-state index in [2.05, 4.69) is 51.6 Å². The van der Waals surface area contributed by atoms with Gasteiger partial charge in [0, 0.05) is 48.5 Å². The number of hydrogen-bond acceptors (Lipinski definition) is 7. The number of nitrogens with zero attached hydrogens (tertiary/aromatic N) is 2. The van der Waals surface area contributed by atoms with Crippen LogP contribution < -0.4 is 15.4 Å². The molecule has 5 rings (SSSR count). The highest BCUT2D eigenvalue weighted by atomic mass is 35.5. The second-order valence-electron chi connectivity index (χ2n) is 11.9. The molecule has 0 aromatic heterocycles. The lowest BCUT2D eigenvalue weighted by atomic mass is 9.88. The lowest BCUT2D eigenvalue weighted by molar-refractivity contribution is -0.109. The van der Waals surface area contributed by atoms with Crippen LogP contribution in [0.25, 0.3) is 5.57 Å². The molecule has 8 heteroatoms. The van der Waals surface area contributed by atoms with E-state index in [-0.39, 0.29) is 6.04 Å². The van der Waals surface area contributed by atoms with Gasteiger partial charge in [-0.15, -0.1) is 0 Å². The maximum absolute atomic E-state index is 11.6. The zero-order valence-electron chi connectivity index (χ0n) is 24.9. The maximum atomic E-state index is 11.6. The van der Waals surface area contributed by atoms with E-state index < -0.39 is 5.60 Å². The Bertz CT molecular complexity index is 1360. The van der Waals surface area contributed by atoms with Crippen LogP contribution in [-0.4, -0.2) is 72.6 Å². The van der Waals surface area contributed by atoms with Crippen LogP contribution in [0.4, 0.5) is 5.69 Å². The molecule has 0 bridgehead atoms. The number of likely N-dealkylation sites (tertiary alicyclic amines) is 1. The van der Waals surface area contributed by atoms with Crippen molar-refractivity contribution >= 4 is 29.1 Å². The molecule has 0 saturated carbocycles. The van der Waals surface area contributed by atoms with Crippen molar-refractivity contribution in [3.8, 4) is 5.75 Å². The predicted molar refractivity (Wildman–Crippen MR) is 171 cm³/mol. The third-order valence-corrected chi connectivity index (χ3v) is 8.65. The number of ether oxygens (including phenoxy) is 1. The standard InChI is InChI=1S/C34H43ClN4O3/c1-4-36-31-20-26(35)11-9-24(31)21-39(17-18-40)27-13-16-38(22-27)15-6-8-28-29-7-5-14-37-32(29)23-42-33-12-10-25(19-30(28)33)34(2,3)41/h5,7-12,14,18-20,27,32,36-37,41H,4,6,13,15-17,21-23H2,1-3H3/b28-8+/t27-,32?/m1/s1. The Labute approximate surface area is 254 Å². The van der Waals surface area contributed by atoms with Crippen molar-refractivity contribution < 1.29 is 14.6 Å². The summed E-state index contributed by atoms with van der Waals surface area (Å²) in [6.07, 6.45) is 11.4. The number of carbonyl (C=O) groups excluding carboxylic acids is 1. The first-order valence-corrected chi connectivity index (χ1v) is 15.4. The van der Waals surface area contributed by atoms with Crippen LogP contribution in [0, 0.1) is 0 Å². The zero-order valence-corrected chi connectivity index (χ0v) is 25.7. The van der Waals surface area contributed by atoms with Crippen LogP contribution in [-0.2, 0) is 16.9 Å². The van der Waals surface area contributed by atoms with Gasteiger partial charge in [0.05, 0.1) is 18.2 Å². The smallest absolute Gasteiger partial charge is 0.134 e. The molecule has 3 heterocycles. The molecule has 2 aromatic carbocycles. The van der Waals surface area contributed by atoms with Gasteiger partial charge < -0.3 is 30.2 Å². The number of fused-ring (bicyclic) bond motifs is 2. The summed E-state index contributed by atoms with van der Waals surface area (Å²) in [5, 5.41) is 18.3. The molecule has 3 N–H and O–H groups in total. The maximum Gasteiger partial charge on any atom is 0.134 e. The van der Waals surface area contributed by atoms with Gasteiger partial charge >= 0.3 is 0 Å². The van der Waals surface area contributed by atoms with E-state index in [1.807, 2.05) is 50.4 Å². The summed E-state index contributed by atoms with van der Waals surface area (Å²) in [7, 11) is 0. The Hall–Kier alpha value is -3.10. The fourth-order valence-corrected chi connectivity index (χ4v) is 6.32. The van der Waals surface area contributed by atoms with E-state index in [9.17, 15) is 9.90 Å². The number of hydrogen-bond donors (Lipinski definition) is 3. The van der Waals surface area contributed by atoms with Gasteiger partial charge in [-0.3, -0.25) is 4.90 Å². The van der Waals surface area contributed by atoms with Crippen molar-refractivity contribution in [3.05, 3.63) is 88.1 Å². The third kappa shape index (κ3) is 7.09. The summed E-state index contributed by atoms with van der Waals surface area (Å²) in [6, 6.07) is 12.3. The minimum atomic E-state index is -0.942. The molecule has 224 valence electrons. The molecule has 1 unspecified atom stereocenters. The Morgan fingerprint density at radius 3 is 2.90 bits per heavy atom. The monoisotopic (exact) mass is 590 g/mol. The zero-order chi connectivity index (χ0) is 29.7. The number of allylic oxidation sites excluding steroid dienone is 2. The van der Waals surface area contributed by atoms with Crippen molar-refractivity contribution in [2.24, 2.45) is 0 Å². The van der Waals surface area contributed by atoms with Crippen LogP contribution in [0.2, 0.25) is 5.02 Å². The minimum Gasteiger partial charge on any atom is -0.490 e. The van der Waals surface area contributed by atoms with Crippen LogP contribution in [0.1, 0.15) is 50.3 Å². The van der Waals surface area contributed by atoms with Gasteiger partial charge in [-0.25, -0.2) is 0 Å². The molecule has 3 aliphatic rings. The quantitative estimate of drug-likeness (QED) is 0.305. The molecule has 0 amide bonds. The fraction of sp³-hybridized carbons (Fsp3) is 0.441. The number of aliphatic hydroxyl groups is 1. The first kappa shape index (κ1) is 30.4. The first-order chi connectivity index (χ1) is 20.3. The van der Waals surface area contributed by atoms with Gasteiger partial charge in [0.2, 0.25) is 0 Å². The molecule has 1 saturated heterocycles. The topological polar surface area (TPSA) is 77.1 Å². The second-order valence-corrected chi connectivity index (χ2v) is 12.3. The summed E-state index contributed by atoms with van der Waals surface area (Å²) in [4.78, 5) is 16.4. The Kier molecular flexibility index (Phi) is 9.74.